The van der Waals surface area contributed by atoms with Gasteiger partial charge >= 0.3 is 0 Å². The van der Waals surface area contributed by atoms with Crippen LogP contribution in [0.1, 0.15) is 36.8 Å². The lowest BCUT2D eigenvalue weighted by Crippen LogP contribution is -2.26. The second kappa shape index (κ2) is 6.63. The summed E-state index contributed by atoms with van der Waals surface area (Å²) in [4.78, 5) is 0. The lowest BCUT2D eigenvalue weighted by atomic mass is 9.89. The van der Waals surface area contributed by atoms with Crippen LogP contribution in [-0.4, -0.2) is 31.8 Å². The molecule has 126 valence electrons. The Morgan fingerprint density at radius 1 is 1.30 bits per heavy atom. The minimum absolute atomic E-state index is 0.00429. The van der Waals surface area contributed by atoms with Gasteiger partial charge in [0.25, 0.3) is 0 Å². The summed E-state index contributed by atoms with van der Waals surface area (Å²) >= 11 is 0. The quantitative estimate of drug-likeness (QED) is 0.877. The smallest absolute Gasteiger partial charge is 0.209 e. The molecule has 1 saturated heterocycles. The van der Waals surface area contributed by atoms with Gasteiger partial charge in [-0.1, -0.05) is 6.07 Å². The van der Waals surface area contributed by atoms with Crippen LogP contribution in [0.2, 0.25) is 0 Å². The molecule has 1 fully saturated rings. The van der Waals surface area contributed by atoms with Gasteiger partial charge in [0.2, 0.25) is 10.0 Å². The monoisotopic (exact) mass is 335 g/mol. The van der Waals surface area contributed by atoms with Crippen LogP contribution in [-0.2, 0) is 23.0 Å². The zero-order chi connectivity index (χ0) is 16.4. The van der Waals surface area contributed by atoms with Gasteiger partial charge in [0.15, 0.2) is 0 Å². The molecule has 5 nitrogen and oxygen atoms in total. The van der Waals surface area contributed by atoms with E-state index in [0.29, 0.717) is 12.3 Å². The molecule has 6 heteroatoms. The Morgan fingerprint density at radius 3 is 2.70 bits per heavy atom. The number of aromatic nitrogens is 1. The first kappa shape index (κ1) is 16.5. The van der Waals surface area contributed by atoms with Gasteiger partial charge in [0.05, 0.1) is 5.75 Å². The molecule has 0 amide bonds. The molecular formula is C17H25N3O2S. The highest BCUT2D eigenvalue weighted by Crippen LogP contribution is 2.33. The van der Waals surface area contributed by atoms with Crippen LogP contribution in [0.15, 0.2) is 24.4 Å². The second-order valence-electron chi connectivity index (χ2n) is 6.36. The zero-order valence-corrected chi connectivity index (χ0v) is 14.4. The SMILES string of the molecule is CCn1cc(C2CCNCC2)c2cc(CCS(N)(=O)=O)ccc21. The van der Waals surface area contributed by atoms with E-state index in [0.717, 1.165) is 38.0 Å². The van der Waals surface area contributed by atoms with Crippen LogP contribution in [0, 0.1) is 0 Å². The van der Waals surface area contributed by atoms with Crippen molar-refractivity contribution >= 4 is 20.9 Å². The number of aryl methyl sites for hydroxylation is 2. The van der Waals surface area contributed by atoms with Crippen molar-refractivity contribution in [2.45, 2.75) is 38.6 Å². The first-order valence-electron chi connectivity index (χ1n) is 8.31. The summed E-state index contributed by atoms with van der Waals surface area (Å²) in [5.74, 6) is 0.579. The van der Waals surface area contributed by atoms with E-state index in [-0.39, 0.29) is 5.75 Å². The largest absolute Gasteiger partial charge is 0.347 e. The maximum Gasteiger partial charge on any atom is 0.209 e. The third-order valence-corrected chi connectivity index (χ3v) is 5.54. The first-order chi connectivity index (χ1) is 11.0. The molecular weight excluding hydrogens is 310 g/mol. The molecule has 1 aliphatic rings. The van der Waals surface area contributed by atoms with Gasteiger partial charge < -0.3 is 9.88 Å². The summed E-state index contributed by atoms with van der Waals surface area (Å²) in [7, 11) is -3.42. The van der Waals surface area contributed by atoms with Crippen molar-refractivity contribution in [3.63, 3.8) is 0 Å². The Hall–Kier alpha value is -1.37. The van der Waals surface area contributed by atoms with Crippen molar-refractivity contribution in [1.29, 1.82) is 0 Å². The average Bonchev–Trinajstić information content (AvgIpc) is 2.91. The molecule has 0 spiro atoms. The van der Waals surface area contributed by atoms with Crippen molar-refractivity contribution < 1.29 is 8.42 Å². The van der Waals surface area contributed by atoms with Crippen molar-refractivity contribution in [2.75, 3.05) is 18.8 Å². The lowest BCUT2D eigenvalue weighted by molar-refractivity contribution is 0.461. The summed E-state index contributed by atoms with van der Waals surface area (Å²) in [6.07, 6.45) is 5.07. The Balaban J connectivity index is 1.97. The molecule has 0 radical (unpaired) electrons. The van der Waals surface area contributed by atoms with Crippen molar-refractivity contribution in [3.05, 3.63) is 35.5 Å². The Bertz CT molecular complexity index is 790. The van der Waals surface area contributed by atoms with Crippen LogP contribution in [0.5, 0.6) is 0 Å². The van der Waals surface area contributed by atoms with Crippen LogP contribution in [0.3, 0.4) is 0 Å². The Morgan fingerprint density at radius 2 is 2.04 bits per heavy atom. The summed E-state index contributed by atoms with van der Waals surface area (Å²) in [5, 5.41) is 9.81. The predicted molar refractivity (Wildman–Crippen MR) is 94.1 cm³/mol. The molecule has 2 heterocycles. The number of nitrogens with two attached hydrogens (primary N) is 1. The molecule has 1 aromatic carbocycles. The summed E-state index contributed by atoms with van der Waals surface area (Å²) < 4.78 is 24.7. The van der Waals surface area contributed by atoms with E-state index in [1.165, 1.54) is 16.5 Å². The standard InChI is InChI=1S/C17H25N3O2S/c1-2-20-12-16(14-5-8-19-9-6-14)15-11-13(3-4-17(15)20)7-10-23(18,21)22/h3-4,11-12,14,19H,2,5-10H2,1H3,(H2,18,21,22). The first-order valence-corrected chi connectivity index (χ1v) is 10.0. The lowest BCUT2D eigenvalue weighted by Gasteiger charge is -2.22. The average molecular weight is 335 g/mol. The Kier molecular flexibility index (Phi) is 4.75. The predicted octanol–water partition coefficient (Wildman–Crippen LogP) is 1.96. The molecule has 2 aromatic rings. The van der Waals surface area contributed by atoms with Gasteiger partial charge in [0.1, 0.15) is 0 Å². The van der Waals surface area contributed by atoms with E-state index in [4.69, 9.17) is 5.14 Å². The highest BCUT2D eigenvalue weighted by molar-refractivity contribution is 7.89. The van der Waals surface area contributed by atoms with Crippen LogP contribution in [0.4, 0.5) is 0 Å². The minimum atomic E-state index is -3.42. The summed E-state index contributed by atoms with van der Waals surface area (Å²) in [6.45, 7) is 5.22. The molecule has 0 unspecified atom stereocenters. The molecule has 3 N–H and O–H groups in total. The molecule has 1 aliphatic heterocycles. The highest BCUT2D eigenvalue weighted by atomic mass is 32.2. The van der Waals surface area contributed by atoms with Crippen molar-refractivity contribution in [3.8, 4) is 0 Å². The number of rotatable bonds is 5. The van der Waals surface area contributed by atoms with E-state index >= 15 is 0 Å². The van der Waals surface area contributed by atoms with Gasteiger partial charge in [0, 0.05) is 23.6 Å². The van der Waals surface area contributed by atoms with Gasteiger partial charge in [-0.05, 0) is 68.5 Å². The number of fused-ring (bicyclic) bond motifs is 1. The second-order valence-corrected chi connectivity index (χ2v) is 8.10. The number of piperidine rings is 1. The maximum atomic E-state index is 11.2. The Labute approximate surface area is 137 Å². The van der Waals surface area contributed by atoms with Gasteiger partial charge in [-0.3, -0.25) is 0 Å². The molecule has 0 bridgehead atoms. The molecule has 0 atom stereocenters. The summed E-state index contributed by atoms with van der Waals surface area (Å²) in [6, 6.07) is 6.29. The van der Waals surface area contributed by atoms with Crippen molar-refractivity contribution in [2.24, 2.45) is 5.14 Å². The van der Waals surface area contributed by atoms with E-state index in [9.17, 15) is 8.42 Å². The maximum absolute atomic E-state index is 11.2. The molecule has 0 saturated carbocycles. The number of primary sulfonamides is 1. The third-order valence-electron chi connectivity index (χ3n) is 4.77. The molecule has 0 aliphatic carbocycles. The number of sulfonamides is 1. The van der Waals surface area contributed by atoms with Gasteiger partial charge in [-0.25, -0.2) is 13.6 Å². The number of hydrogen-bond acceptors (Lipinski definition) is 3. The van der Waals surface area contributed by atoms with Gasteiger partial charge in [-0.15, -0.1) is 0 Å². The van der Waals surface area contributed by atoms with E-state index in [1.807, 2.05) is 6.07 Å². The molecule has 23 heavy (non-hydrogen) atoms. The number of hydrogen-bond donors (Lipinski definition) is 2. The number of nitrogens with one attached hydrogen (secondary N) is 1. The van der Waals surface area contributed by atoms with E-state index in [1.54, 1.807) is 0 Å². The fourth-order valence-electron chi connectivity index (χ4n) is 3.51. The van der Waals surface area contributed by atoms with Gasteiger partial charge in [-0.2, -0.15) is 0 Å². The van der Waals surface area contributed by atoms with Crippen LogP contribution < -0.4 is 10.5 Å². The fraction of sp³-hybridized carbons (Fsp3) is 0.529. The molecule has 3 rings (SSSR count). The van der Waals surface area contributed by atoms with Crippen molar-refractivity contribution in [1.82, 2.24) is 9.88 Å². The van der Waals surface area contributed by atoms with Crippen LogP contribution >= 0.6 is 0 Å². The zero-order valence-electron chi connectivity index (χ0n) is 13.6. The van der Waals surface area contributed by atoms with E-state index in [2.05, 4.69) is 35.1 Å². The number of nitrogens with zero attached hydrogens (tertiary/aromatic N) is 1. The highest BCUT2D eigenvalue weighted by Gasteiger charge is 2.20. The number of benzene rings is 1. The third kappa shape index (κ3) is 3.76. The molecule has 1 aromatic heterocycles. The van der Waals surface area contributed by atoms with Crippen LogP contribution in [0.25, 0.3) is 10.9 Å². The fourth-order valence-corrected chi connectivity index (χ4v) is 4.03. The topological polar surface area (TPSA) is 77.1 Å². The summed E-state index contributed by atoms with van der Waals surface area (Å²) in [5.41, 5.74) is 3.68. The minimum Gasteiger partial charge on any atom is -0.347 e. The normalized spacial score (nSPS) is 17.0. The van der Waals surface area contributed by atoms with E-state index < -0.39 is 10.0 Å².